The number of benzene rings is 2. The summed E-state index contributed by atoms with van der Waals surface area (Å²) in [5, 5.41) is 15.5. The van der Waals surface area contributed by atoms with E-state index in [9.17, 15) is 4.79 Å². The van der Waals surface area contributed by atoms with E-state index in [1.165, 1.54) is 11.8 Å². The first-order valence-corrected chi connectivity index (χ1v) is 8.85. The molecule has 0 fully saturated rings. The van der Waals surface area contributed by atoms with Crippen LogP contribution in [0.2, 0.25) is 0 Å². The number of aromatic amines is 1. The summed E-state index contributed by atoms with van der Waals surface area (Å²) in [4.78, 5) is 13.5. The number of para-hydroxylation sites is 1. The van der Waals surface area contributed by atoms with Gasteiger partial charge in [-0.2, -0.15) is 4.68 Å². The van der Waals surface area contributed by atoms with E-state index in [1.54, 1.807) is 9.36 Å². The van der Waals surface area contributed by atoms with Crippen LogP contribution in [0, 0.1) is 13.8 Å². The average molecular weight is 364 g/mol. The van der Waals surface area contributed by atoms with Gasteiger partial charge in [0.2, 0.25) is 5.16 Å². The van der Waals surface area contributed by atoms with Crippen molar-refractivity contribution in [1.82, 2.24) is 30.0 Å². The van der Waals surface area contributed by atoms with Crippen LogP contribution in [-0.2, 0) is 0 Å². The second kappa shape index (κ2) is 6.64. The first kappa shape index (κ1) is 16.3. The fourth-order valence-electron chi connectivity index (χ4n) is 2.67. The molecule has 8 heteroatoms. The van der Waals surface area contributed by atoms with E-state index in [-0.39, 0.29) is 5.56 Å². The van der Waals surface area contributed by atoms with Gasteiger partial charge in [-0.15, -0.1) is 5.10 Å². The minimum absolute atomic E-state index is 0.124. The molecule has 0 amide bonds. The molecule has 7 nitrogen and oxygen atoms in total. The third-order valence-electron chi connectivity index (χ3n) is 3.91. The van der Waals surface area contributed by atoms with Crippen molar-refractivity contribution >= 4 is 11.8 Å². The van der Waals surface area contributed by atoms with Crippen molar-refractivity contribution in [1.29, 1.82) is 0 Å². The molecule has 2 aromatic heterocycles. The van der Waals surface area contributed by atoms with Crippen LogP contribution >= 0.6 is 11.8 Å². The Bertz CT molecular complexity index is 1110. The molecule has 1 N–H and O–H groups in total. The van der Waals surface area contributed by atoms with Crippen LogP contribution in [0.5, 0.6) is 0 Å². The van der Waals surface area contributed by atoms with E-state index in [2.05, 4.69) is 20.6 Å². The summed E-state index contributed by atoms with van der Waals surface area (Å²) in [6.45, 7) is 3.86. The molecule has 2 heterocycles. The number of nitrogens with zero attached hydrogens (tertiary/aromatic N) is 5. The lowest BCUT2D eigenvalue weighted by Crippen LogP contribution is -2.15. The number of tetrazole rings is 1. The van der Waals surface area contributed by atoms with Gasteiger partial charge in [0.15, 0.2) is 0 Å². The Labute approximate surface area is 153 Å². The molecule has 0 aliphatic carbocycles. The second-order valence-corrected chi connectivity index (χ2v) is 6.83. The number of hydrogen-bond acceptors (Lipinski definition) is 5. The van der Waals surface area contributed by atoms with Crippen LogP contribution in [0.1, 0.15) is 11.3 Å². The van der Waals surface area contributed by atoms with Crippen molar-refractivity contribution in [3.63, 3.8) is 0 Å². The number of aryl methyl sites for hydroxylation is 2. The zero-order chi connectivity index (χ0) is 18.1. The van der Waals surface area contributed by atoms with Crippen LogP contribution in [0.15, 0.2) is 69.4 Å². The molecule has 130 valence electrons. The predicted octanol–water partition coefficient (Wildman–Crippen LogP) is 2.91. The minimum atomic E-state index is -0.124. The highest BCUT2D eigenvalue weighted by Gasteiger charge is 2.18. The lowest BCUT2D eigenvalue weighted by molar-refractivity contribution is 0.756. The quantitative estimate of drug-likeness (QED) is 0.602. The lowest BCUT2D eigenvalue weighted by Gasteiger charge is -2.03. The van der Waals surface area contributed by atoms with Crippen molar-refractivity contribution in [2.24, 2.45) is 0 Å². The average Bonchev–Trinajstić information content (AvgIpc) is 3.22. The fraction of sp³-hybridized carbons (Fsp3) is 0.111. The molecule has 0 atom stereocenters. The van der Waals surface area contributed by atoms with Gasteiger partial charge in [-0.1, -0.05) is 30.3 Å². The molecular formula is C18H16N6OS. The van der Waals surface area contributed by atoms with Crippen molar-refractivity contribution in [3.05, 3.63) is 76.2 Å². The Kier molecular flexibility index (Phi) is 4.18. The molecule has 4 aromatic rings. The van der Waals surface area contributed by atoms with Crippen molar-refractivity contribution < 1.29 is 0 Å². The summed E-state index contributed by atoms with van der Waals surface area (Å²) in [5.74, 6) is 0. The van der Waals surface area contributed by atoms with Gasteiger partial charge in [0.1, 0.15) is 4.90 Å². The third-order valence-corrected chi connectivity index (χ3v) is 5.03. The number of nitrogens with one attached hydrogen (secondary N) is 1. The van der Waals surface area contributed by atoms with E-state index in [1.807, 2.05) is 68.4 Å². The Balaban J connectivity index is 1.73. The van der Waals surface area contributed by atoms with Crippen LogP contribution in [0.25, 0.3) is 11.4 Å². The van der Waals surface area contributed by atoms with E-state index in [0.29, 0.717) is 10.1 Å². The maximum atomic E-state index is 12.9. The topological polar surface area (TPSA) is 81.4 Å². The Morgan fingerprint density at radius 1 is 1.00 bits per heavy atom. The standard InChI is InChI=1S/C18H16N6OS/c1-12-7-6-10-15(11-12)23-17(25)16(13(2)20-23)26-18-19-21-22-24(18)14-8-4-3-5-9-14/h3-11,20H,1-2H3. The molecule has 4 rings (SSSR count). The molecule has 0 aliphatic heterocycles. The molecule has 2 aromatic carbocycles. The lowest BCUT2D eigenvalue weighted by atomic mass is 10.2. The summed E-state index contributed by atoms with van der Waals surface area (Å²) in [5.41, 5.74) is 3.37. The summed E-state index contributed by atoms with van der Waals surface area (Å²) in [7, 11) is 0. The highest BCUT2D eigenvalue weighted by molar-refractivity contribution is 7.99. The predicted molar refractivity (Wildman–Crippen MR) is 99.1 cm³/mol. The Morgan fingerprint density at radius 3 is 2.54 bits per heavy atom. The summed E-state index contributed by atoms with van der Waals surface area (Å²) >= 11 is 1.25. The van der Waals surface area contributed by atoms with Gasteiger partial charge in [0, 0.05) is 5.69 Å². The molecule has 26 heavy (non-hydrogen) atoms. The summed E-state index contributed by atoms with van der Waals surface area (Å²) < 4.78 is 3.16. The zero-order valence-corrected chi connectivity index (χ0v) is 15.1. The zero-order valence-electron chi connectivity index (χ0n) is 14.2. The van der Waals surface area contributed by atoms with Gasteiger partial charge in [0.05, 0.1) is 11.4 Å². The number of aromatic nitrogens is 6. The van der Waals surface area contributed by atoms with Crippen LogP contribution < -0.4 is 5.56 Å². The van der Waals surface area contributed by atoms with E-state index >= 15 is 0 Å². The molecule has 0 saturated heterocycles. The van der Waals surface area contributed by atoms with Crippen molar-refractivity contribution in [3.8, 4) is 11.4 Å². The van der Waals surface area contributed by atoms with Crippen LogP contribution in [0.3, 0.4) is 0 Å². The van der Waals surface area contributed by atoms with Gasteiger partial charge >= 0.3 is 0 Å². The Hall–Kier alpha value is -3.13. The maximum Gasteiger partial charge on any atom is 0.285 e. The van der Waals surface area contributed by atoms with Gasteiger partial charge < -0.3 is 0 Å². The summed E-state index contributed by atoms with van der Waals surface area (Å²) in [6.07, 6.45) is 0. The van der Waals surface area contributed by atoms with Gasteiger partial charge in [0.25, 0.3) is 5.56 Å². The number of hydrogen-bond donors (Lipinski definition) is 1. The largest absolute Gasteiger partial charge is 0.294 e. The molecular weight excluding hydrogens is 348 g/mol. The molecule has 0 spiro atoms. The smallest absolute Gasteiger partial charge is 0.285 e. The summed E-state index contributed by atoms with van der Waals surface area (Å²) in [6, 6.07) is 17.4. The maximum absolute atomic E-state index is 12.9. The highest BCUT2D eigenvalue weighted by Crippen LogP contribution is 2.27. The molecule has 0 saturated carbocycles. The van der Waals surface area contributed by atoms with E-state index in [0.717, 1.165) is 22.6 Å². The van der Waals surface area contributed by atoms with Gasteiger partial charge in [-0.25, -0.2) is 4.68 Å². The third kappa shape index (κ3) is 2.95. The molecule has 0 bridgehead atoms. The molecule has 0 radical (unpaired) electrons. The molecule has 0 aliphatic rings. The minimum Gasteiger partial charge on any atom is -0.294 e. The van der Waals surface area contributed by atoms with Gasteiger partial charge in [-0.05, 0) is 65.9 Å². The Morgan fingerprint density at radius 2 is 1.77 bits per heavy atom. The van der Waals surface area contributed by atoms with E-state index < -0.39 is 0 Å². The monoisotopic (exact) mass is 364 g/mol. The fourth-order valence-corrected chi connectivity index (χ4v) is 3.53. The van der Waals surface area contributed by atoms with Crippen molar-refractivity contribution in [2.45, 2.75) is 23.9 Å². The van der Waals surface area contributed by atoms with Gasteiger partial charge in [-0.3, -0.25) is 9.89 Å². The second-order valence-electron chi connectivity index (χ2n) is 5.86. The number of H-pyrrole nitrogens is 1. The first-order valence-electron chi connectivity index (χ1n) is 8.04. The van der Waals surface area contributed by atoms with Crippen LogP contribution in [-0.4, -0.2) is 30.0 Å². The highest BCUT2D eigenvalue weighted by atomic mass is 32.2. The van der Waals surface area contributed by atoms with Crippen LogP contribution in [0.4, 0.5) is 0 Å². The normalized spacial score (nSPS) is 11.0. The van der Waals surface area contributed by atoms with E-state index in [4.69, 9.17) is 0 Å². The number of rotatable bonds is 4. The SMILES string of the molecule is Cc1cccc(-n2[nH]c(C)c(Sc3nnnn3-c3ccccc3)c2=O)c1. The van der Waals surface area contributed by atoms with Crippen molar-refractivity contribution in [2.75, 3.05) is 0 Å². The first-order chi connectivity index (χ1) is 12.6. The molecule has 0 unspecified atom stereocenters.